The van der Waals surface area contributed by atoms with Crippen LogP contribution in [-0.4, -0.2) is 0 Å². The first-order valence-corrected chi connectivity index (χ1v) is 7.34. The van der Waals surface area contributed by atoms with Gasteiger partial charge in [-0.25, -0.2) is 0 Å². The van der Waals surface area contributed by atoms with E-state index in [1.54, 1.807) is 11.3 Å². The minimum absolute atomic E-state index is 0.287. The Morgan fingerprint density at radius 3 is 2.83 bits per heavy atom. The summed E-state index contributed by atoms with van der Waals surface area (Å²) in [4.78, 5) is 2.37. The average Bonchev–Trinajstić information content (AvgIpc) is 2.84. The predicted octanol–water partition coefficient (Wildman–Crippen LogP) is 4.75. The second-order valence-corrected chi connectivity index (χ2v) is 5.99. The average molecular weight is 321 g/mol. The smallest absolute Gasteiger partial charge is 0.149 e. The number of thiophene rings is 1. The number of nitrogens with one attached hydrogen (secondary N) is 1. The Kier molecular flexibility index (Phi) is 4.40. The first-order chi connectivity index (χ1) is 8.72. The Morgan fingerprint density at radius 2 is 2.22 bits per heavy atom. The summed E-state index contributed by atoms with van der Waals surface area (Å²) in [6, 6.07) is 14.0. The van der Waals surface area contributed by atoms with Crippen molar-refractivity contribution in [2.45, 2.75) is 19.4 Å². The molecule has 1 aromatic carbocycles. The van der Waals surface area contributed by atoms with Crippen LogP contribution in [0.2, 0.25) is 0 Å². The topological polar surface area (TPSA) is 35.8 Å². The van der Waals surface area contributed by atoms with E-state index in [0.29, 0.717) is 0 Å². The number of anilines is 1. The van der Waals surface area contributed by atoms with Crippen molar-refractivity contribution in [1.82, 2.24) is 0 Å². The summed E-state index contributed by atoms with van der Waals surface area (Å²) in [6.07, 6.45) is 1.01. The molecule has 0 aliphatic heterocycles. The quantitative estimate of drug-likeness (QED) is 0.882. The predicted molar refractivity (Wildman–Crippen MR) is 79.8 cm³/mol. The molecular formula is C14H13BrN2S. The molecule has 0 saturated carbocycles. The molecule has 4 heteroatoms. The van der Waals surface area contributed by atoms with E-state index in [1.165, 1.54) is 4.88 Å². The zero-order chi connectivity index (χ0) is 13.0. The fraction of sp³-hybridized carbons (Fsp3) is 0.214. The van der Waals surface area contributed by atoms with Crippen LogP contribution in [0.5, 0.6) is 0 Å². The lowest BCUT2D eigenvalue weighted by molar-refractivity contribution is 1.03. The van der Waals surface area contributed by atoms with Crippen molar-refractivity contribution in [3.05, 3.63) is 50.6 Å². The normalized spacial score (nSPS) is 11.8. The Balaban J connectivity index is 2.17. The molecule has 0 fully saturated rings. The molecule has 0 saturated heterocycles. The van der Waals surface area contributed by atoms with Gasteiger partial charge in [-0.2, -0.15) is 5.26 Å². The van der Waals surface area contributed by atoms with Crippen molar-refractivity contribution in [3.8, 4) is 6.07 Å². The largest absolute Gasteiger partial charge is 0.366 e. The monoisotopic (exact) mass is 320 g/mol. The zero-order valence-electron chi connectivity index (χ0n) is 9.98. The van der Waals surface area contributed by atoms with E-state index in [1.807, 2.05) is 30.3 Å². The first-order valence-electron chi connectivity index (χ1n) is 5.73. The lowest BCUT2D eigenvalue weighted by atomic mass is 10.2. The molecule has 92 valence electrons. The number of aryl methyl sites for hydroxylation is 1. The maximum Gasteiger partial charge on any atom is 0.149 e. The highest BCUT2D eigenvalue weighted by molar-refractivity contribution is 9.10. The van der Waals surface area contributed by atoms with E-state index in [9.17, 15) is 5.26 Å². The molecule has 1 aromatic heterocycles. The van der Waals surface area contributed by atoms with Crippen molar-refractivity contribution in [2.75, 3.05) is 5.32 Å². The lowest BCUT2D eigenvalue weighted by Gasteiger charge is -2.11. The molecular weight excluding hydrogens is 308 g/mol. The molecule has 0 spiro atoms. The maximum absolute atomic E-state index is 9.27. The van der Waals surface area contributed by atoms with Crippen LogP contribution in [0.15, 0.2) is 40.9 Å². The molecule has 1 N–H and O–H groups in total. The van der Waals surface area contributed by atoms with Crippen molar-refractivity contribution in [2.24, 2.45) is 0 Å². The van der Waals surface area contributed by atoms with Crippen molar-refractivity contribution < 1.29 is 0 Å². The summed E-state index contributed by atoms with van der Waals surface area (Å²) < 4.78 is 1.00. The van der Waals surface area contributed by atoms with Crippen LogP contribution < -0.4 is 5.32 Å². The summed E-state index contributed by atoms with van der Waals surface area (Å²) in [5, 5.41) is 12.5. The molecule has 2 nitrogen and oxygen atoms in total. The Labute approximate surface area is 119 Å². The Morgan fingerprint density at radius 1 is 1.39 bits per heavy atom. The third kappa shape index (κ3) is 3.12. The molecule has 0 aliphatic rings. The molecule has 0 aliphatic carbocycles. The molecule has 0 radical (unpaired) electrons. The first kappa shape index (κ1) is 13.1. The van der Waals surface area contributed by atoms with Gasteiger partial charge in [0.1, 0.15) is 6.04 Å². The number of hydrogen-bond acceptors (Lipinski definition) is 3. The van der Waals surface area contributed by atoms with Gasteiger partial charge in [0.15, 0.2) is 0 Å². The standard InChI is InChI=1S/C14H13BrN2S/c1-2-12-6-7-14(18-12)13(9-16)17-11-5-3-4-10(15)8-11/h3-8,13,17H,2H2,1H3. The van der Waals surface area contributed by atoms with E-state index < -0.39 is 0 Å². The van der Waals surface area contributed by atoms with Gasteiger partial charge in [-0.3, -0.25) is 0 Å². The molecule has 0 amide bonds. The van der Waals surface area contributed by atoms with Gasteiger partial charge in [-0.05, 0) is 36.8 Å². The fourth-order valence-corrected chi connectivity index (χ4v) is 3.00. The van der Waals surface area contributed by atoms with Crippen LogP contribution in [0, 0.1) is 11.3 Å². The van der Waals surface area contributed by atoms with E-state index in [0.717, 1.165) is 21.5 Å². The summed E-state index contributed by atoms with van der Waals surface area (Å²) in [5.74, 6) is 0. The van der Waals surface area contributed by atoms with Crippen LogP contribution in [0.3, 0.4) is 0 Å². The van der Waals surface area contributed by atoms with Gasteiger partial charge < -0.3 is 5.32 Å². The molecule has 2 aromatic rings. The number of rotatable bonds is 4. The summed E-state index contributed by atoms with van der Waals surface area (Å²) in [6.45, 7) is 2.12. The number of nitriles is 1. The third-order valence-corrected chi connectivity index (χ3v) is 4.37. The van der Waals surface area contributed by atoms with Crippen LogP contribution in [-0.2, 0) is 6.42 Å². The van der Waals surface area contributed by atoms with Crippen molar-refractivity contribution in [1.29, 1.82) is 5.26 Å². The fourth-order valence-electron chi connectivity index (χ4n) is 1.65. The second-order valence-electron chi connectivity index (χ2n) is 3.87. The highest BCUT2D eigenvalue weighted by atomic mass is 79.9. The van der Waals surface area contributed by atoms with Gasteiger partial charge in [0.25, 0.3) is 0 Å². The third-order valence-electron chi connectivity index (χ3n) is 2.58. The van der Waals surface area contributed by atoms with Crippen LogP contribution in [0.25, 0.3) is 0 Å². The molecule has 1 heterocycles. The molecule has 1 atom stereocenters. The number of benzene rings is 1. The van der Waals surface area contributed by atoms with E-state index >= 15 is 0 Å². The SMILES string of the molecule is CCc1ccc(C(C#N)Nc2cccc(Br)c2)s1. The van der Waals surface area contributed by atoms with Gasteiger partial charge in [-0.15, -0.1) is 11.3 Å². The van der Waals surface area contributed by atoms with E-state index in [-0.39, 0.29) is 6.04 Å². The van der Waals surface area contributed by atoms with Gasteiger partial charge >= 0.3 is 0 Å². The van der Waals surface area contributed by atoms with E-state index in [4.69, 9.17) is 0 Å². The zero-order valence-corrected chi connectivity index (χ0v) is 12.4. The lowest BCUT2D eigenvalue weighted by Crippen LogP contribution is -2.06. The van der Waals surface area contributed by atoms with Crippen LogP contribution in [0.4, 0.5) is 5.69 Å². The highest BCUT2D eigenvalue weighted by Gasteiger charge is 2.12. The molecule has 18 heavy (non-hydrogen) atoms. The van der Waals surface area contributed by atoms with Crippen molar-refractivity contribution >= 4 is 33.0 Å². The number of hydrogen-bond donors (Lipinski definition) is 1. The Hall–Kier alpha value is -1.31. The van der Waals surface area contributed by atoms with E-state index in [2.05, 4.69) is 40.3 Å². The van der Waals surface area contributed by atoms with Crippen LogP contribution >= 0.6 is 27.3 Å². The minimum Gasteiger partial charge on any atom is -0.366 e. The summed E-state index contributed by atoms with van der Waals surface area (Å²) in [7, 11) is 0. The van der Waals surface area contributed by atoms with Crippen LogP contribution in [0.1, 0.15) is 22.7 Å². The molecule has 0 bridgehead atoms. The second kappa shape index (κ2) is 6.03. The Bertz CT molecular complexity index is 571. The highest BCUT2D eigenvalue weighted by Crippen LogP contribution is 2.27. The summed E-state index contributed by atoms with van der Waals surface area (Å²) >= 11 is 5.12. The van der Waals surface area contributed by atoms with Gasteiger partial charge in [0.05, 0.1) is 6.07 Å². The summed E-state index contributed by atoms with van der Waals surface area (Å²) in [5.41, 5.74) is 0.947. The van der Waals surface area contributed by atoms with Gasteiger partial charge in [0.2, 0.25) is 0 Å². The number of nitrogens with zero attached hydrogens (tertiary/aromatic N) is 1. The molecule has 1 unspecified atom stereocenters. The van der Waals surface area contributed by atoms with Gasteiger partial charge in [-0.1, -0.05) is 28.9 Å². The molecule has 2 rings (SSSR count). The number of halogens is 1. The van der Waals surface area contributed by atoms with Gasteiger partial charge in [0, 0.05) is 19.9 Å². The van der Waals surface area contributed by atoms with Crippen molar-refractivity contribution in [3.63, 3.8) is 0 Å². The minimum atomic E-state index is -0.287. The maximum atomic E-state index is 9.27.